The predicted molar refractivity (Wildman–Crippen MR) is 86.7 cm³/mol. The van der Waals surface area contributed by atoms with Crippen LogP contribution in [-0.2, 0) is 11.8 Å². The first-order chi connectivity index (χ1) is 10.6. The third-order valence-electron chi connectivity index (χ3n) is 4.09. The smallest absolute Gasteiger partial charge is 0.223 e. The molecular weight excluding hydrogens is 276 g/mol. The highest BCUT2D eigenvalue weighted by Crippen LogP contribution is 2.31. The Bertz CT molecular complexity index is 656. The minimum atomic E-state index is -0.204. The molecule has 1 amide bonds. The number of anilines is 1. The highest BCUT2D eigenvalue weighted by molar-refractivity contribution is 5.81. The molecule has 116 valence electrons. The van der Waals surface area contributed by atoms with Crippen molar-refractivity contribution in [3.63, 3.8) is 0 Å². The average Bonchev–Trinajstić information content (AvgIpc) is 3.27. The molecule has 1 saturated carbocycles. The zero-order valence-electron chi connectivity index (χ0n) is 13.3. The zero-order chi connectivity index (χ0) is 15.7. The Morgan fingerprint density at radius 2 is 2.00 bits per heavy atom. The maximum Gasteiger partial charge on any atom is 0.223 e. The van der Waals surface area contributed by atoms with E-state index in [0.29, 0.717) is 0 Å². The number of nitrogens with zero attached hydrogens (tertiary/aromatic N) is 3. The van der Waals surface area contributed by atoms with Crippen molar-refractivity contribution in [3.8, 4) is 0 Å². The van der Waals surface area contributed by atoms with Crippen molar-refractivity contribution in [2.24, 2.45) is 13.0 Å². The van der Waals surface area contributed by atoms with E-state index in [1.54, 1.807) is 6.20 Å². The molecule has 1 aromatic carbocycles. The first-order valence-electron chi connectivity index (χ1n) is 7.61. The van der Waals surface area contributed by atoms with Crippen LogP contribution in [0.2, 0.25) is 0 Å². The topological polar surface area (TPSA) is 50.2 Å². The second-order valence-corrected chi connectivity index (χ2v) is 6.10. The van der Waals surface area contributed by atoms with Gasteiger partial charge in [0.15, 0.2) is 0 Å². The van der Waals surface area contributed by atoms with Crippen LogP contribution in [0.25, 0.3) is 0 Å². The number of carbonyl (C=O) groups is 1. The number of hydrogen-bond donors (Lipinski definition) is 1. The monoisotopic (exact) mass is 298 g/mol. The lowest BCUT2D eigenvalue weighted by atomic mass is 10.0. The molecule has 5 nitrogen and oxygen atoms in total. The molecule has 0 saturated heterocycles. The normalized spacial score (nSPS) is 15.4. The first kappa shape index (κ1) is 14.6. The highest BCUT2D eigenvalue weighted by Gasteiger charge is 2.32. The summed E-state index contributed by atoms with van der Waals surface area (Å²) >= 11 is 0. The number of imidazole rings is 1. The van der Waals surface area contributed by atoms with Gasteiger partial charge in [-0.15, -0.1) is 0 Å². The van der Waals surface area contributed by atoms with E-state index in [2.05, 4.69) is 39.5 Å². The van der Waals surface area contributed by atoms with Gasteiger partial charge in [0.1, 0.15) is 11.9 Å². The number of nitrogens with one attached hydrogen (secondary N) is 1. The number of benzene rings is 1. The summed E-state index contributed by atoms with van der Waals surface area (Å²) in [6, 6.07) is 8.04. The van der Waals surface area contributed by atoms with Crippen molar-refractivity contribution in [1.29, 1.82) is 0 Å². The van der Waals surface area contributed by atoms with Gasteiger partial charge in [0.25, 0.3) is 0 Å². The Kier molecular flexibility index (Phi) is 3.88. The van der Waals surface area contributed by atoms with Crippen molar-refractivity contribution in [2.75, 3.05) is 19.0 Å². The van der Waals surface area contributed by atoms with E-state index in [-0.39, 0.29) is 17.9 Å². The van der Waals surface area contributed by atoms with Crippen LogP contribution in [0.4, 0.5) is 5.69 Å². The van der Waals surface area contributed by atoms with Crippen LogP contribution in [0.1, 0.15) is 30.3 Å². The third-order valence-corrected chi connectivity index (χ3v) is 4.09. The van der Waals surface area contributed by atoms with Crippen molar-refractivity contribution >= 4 is 11.6 Å². The Balaban J connectivity index is 1.90. The van der Waals surface area contributed by atoms with Gasteiger partial charge in [-0.3, -0.25) is 4.79 Å². The van der Waals surface area contributed by atoms with Crippen LogP contribution in [0.3, 0.4) is 0 Å². The third kappa shape index (κ3) is 2.98. The van der Waals surface area contributed by atoms with E-state index in [9.17, 15) is 4.79 Å². The van der Waals surface area contributed by atoms with Gasteiger partial charge in [0, 0.05) is 45.1 Å². The molecule has 1 aliphatic rings. The maximum absolute atomic E-state index is 12.2. The summed E-state index contributed by atoms with van der Waals surface area (Å²) in [5, 5.41) is 3.15. The van der Waals surface area contributed by atoms with E-state index < -0.39 is 0 Å². The number of aryl methyl sites for hydroxylation is 1. The molecule has 0 spiro atoms. The molecule has 1 heterocycles. The van der Waals surface area contributed by atoms with Gasteiger partial charge in [-0.25, -0.2) is 4.98 Å². The molecule has 1 atom stereocenters. The van der Waals surface area contributed by atoms with Gasteiger partial charge in [-0.05, 0) is 30.5 Å². The van der Waals surface area contributed by atoms with Gasteiger partial charge in [-0.2, -0.15) is 0 Å². The predicted octanol–water partition coefficient (Wildman–Crippen LogP) is 2.10. The van der Waals surface area contributed by atoms with Gasteiger partial charge in [0.2, 0.25) is 5.91 Å². The summed E-state index contributed by atoms with van der Waals surface area (Å²) in [6.07, 6.45) is 5.66. The fraction of sp³-hybridized carbons (Fsp3) is 0.412. The van der Waals surface area contributed by atoms with Crippen molar-refractivity contribution in [3.05, 3.63) is 48.0 Å². The SMILES string of the molecule is CN(C)c1ccc(C(NC(=O)C2CC2)c2nccn2C)cc1. The first-order valence-corrected chi connectivity index (χ1v) is 7.61. The fourth-order valence-electron chi connectivity index (χ4n) is 2.52. The highest BCUT2D eigenvalue weighted by atomic mass is 16.2. The molecule has 0 aliphatic heterocycles. The summed E-state index contributed by atoms with van der Waals surface area (Å²) < 4.78 is 1.96. The maximum atomic E-state index is 12.2. The molecule has 3 rings (SSSR count). The van der Waals surface area contributed by atoms with Crippen molar-refractivity contribution in [2.45, 2.75) is 18.9 Å². The minimum Gasteiger partial charge on any atom is -0.378 e. The molecule has 5 heteroatoms. The lowest BCUT2D eigenvalue weighted by Gasteiger charge is -2.20. The molecule has 22 heavy (non-hydrogen) atoms. The van der Waals surface area contributed by atoms with E-state index in [1.807, 2.05) is 31.9 Å². The summed E-state index contributed by atoms with van der Waals surface area (Å²) in [5.74, 6) is 1.17. The average molecular weight is 298 g/mol. The van der Waals surface area contributed by atoms with Crippen molar-refractivity contribution in [1.82, 2.24) is 14.9 Å². The van der Waals surface area contributed by atoms with Crippen molar-refractivity contribution < 1.29 is 4.79 Å². The van der Waals surface area contributed by atoms with Crippen LogP contribution in [0.15, 0.2) is 36.7 Å². The Morgan fingerprint density at radius 3 is 2.50 bits per heavy atom. The van der Waals surface area contributed by atoms with Gasteiger partial charge in [0.05, 0.1) is 0 Å². The summed E-state index contributed by atoms with van der Waals surface area (Å²) in [6.45, 7) is 0. The molecule has 1 aliphatic carbocycles. The Morgan fingerprint density at radius 1 is 1.32 bits per heavy atom. The number of hydrogen-bond acceptors (Lipinski definition) is 3. The van der Waals surface area contributed by atoms with Crippen LogP contribution in [0.5, 0.6) is 0 Å². The number of aromatic nitrogens is 2. The molecule has 1 aromatic heterocycles. The summed E-state index contributed by atoms with van der Waals surface area (Å²) in [4.78, 5) is 18.7. The van der Waals surface area contributed by atoms with E-state index in [0.717, 1.165) is 29.9 Å². The van der Waals surface area contributed by atoms with Gasteiger partial charge >= 0.3 is 0 Å². The summed E-state index contributed by atoms with van der Waals surface area (Å²) in [7, 11) is 5.98. The zero-order valence-corrected chi connectivity index (χ0v) is 13.3. The second kappa shape index (κ2) is 5.83. The Labute approximate surface area is 131 Å². The van der Waals surface area contributed by atoms with Crippen LogP contribution in [0, 0.1) is 5.92 Å². The molecule has 0 bridgehead atoms. The lowest BCUT2D eigenvalue weighted by molar-refractivity contribution is -0.122. The molecule has 1 unspecified atom stereocenters. The van der Waals surface area contributed by atoms with E-state index in [4.69, 9.17) is 0 Å². The van der Waals surface area contributed by atoms with E-state index in [1.165, 1.54) is 0 Å². The van der Waals surface area contributed by atoms with Crippen LogP contribution in [-0.4, -0.2) is 29.6 Å². The number of amides is 1. The molecule has 2 aromatic rings. The lowest BCUT2D eigenvalue weighted by Crippen LogP contribution is -2.32. The Hall–Kier alpha value is -2.30. The molecule has 1 fully saturated rings. The number of rotatable bonds is 5. The molecular formula is C17H22N4O. The molecule has 0 radical (unpaired) electrons. The second-order valence-electron chi connectivity index (χ2n) is 6.10. The van der Waals surface area contributed by atoms with Gasteiger partial charge < -0.3 is 14.8 Å². The standard InChI is InChI=1S/C17H22N4O/c1-20(2)14-8-6-12(7-9-14)15(16-18-10-11-21(16)3)19-17(22)13-4-5-13/h6-11,13,15H,4-5H2,1-3H3,(H,19,22). The summed E-state index contributed by atoms with van der Waals surface area (Å²) in [5.41, 5.74) is 2.18. The number of carbonyl (C=O) groups excluding carboxylic acids is 1. The van der Waals surface area contributed by atoms with Gasteiger partial charge in [-0.1, -0.05) is 12.1 Å². The van der Waals surface area contributed by atoms with Crippen LogP contribution < -0.4 is 10.2 Å². The largest absolute Gasteiger partial charge is 0.378 e. The van der Waals surface area contributed by atoms with Crippen LogP contribution >= 0.6 is 0 Å². The fourth-order valence-corrected chi connectivity index (χ4v) is 2.52. The molecule has 1 N–H and O–H groups in total. The quantitative estimate of drug-likeness (QED) is 0.919. The minimum absolute atomic E-state index is 0.129. The van der Waals surface area contributed by atoms with E-state index >= 15 is 0 Å².